The second kappa shape index (κ2) is 7.25. The Hall–Kier alpha value is -0.130. The SMILES string of the molecule is CCCC(CO)(CO)CCS(=O)(=O)CCC. The first-order valence-electron chi connectivity index (χ1n) is 5.87. The lowest BCUT2D eigenvalue weighted by molar-refractivity contribution is 0.0439. The van der Waals surface area contributed by atoms with Crippen LogP contribution in [0.2, 0.25) is 0 Å². The molecule has 0 radical (unpaired) electrons. The van der Waals surface area contributed by atoms with E-state index >= 15 is 0 Å². The van der Waals surface area contributed by atoms with E-state index in [0.29, 0.717) is 19.3 Å². The second-order valence-electron chi connectivity index (χ2n) is 4.47. The molecule has 0 fully saturated rings. The van der Waals surface area contributed by atoms with Crippen LogP contribution in [0.1, 0.15) is 39.5 Å². The Balaban J connectivity index is 4.42. The van der Waals surface area contributed by atoms with Crippen LogP contribution in [-0.2, 0) is 9.84 Å². The van der Waals surface area contributed by atoms with Crippen molar-refractivity contribution in [1.82, 2.24) is 0 Å². The fourth-order valence-electron chi connectivity index (χ4n) is 1.81. The maximum Gasteiger partial charge on any atom is 0.150 e. The Kier molecular flexibility index (Phi) is 7.19. The number of aliphatic hydroxyl groups is 2. The van der Waals surface area contributed by atoms with Crippen molar-refractivity contribution in [2.45, 2.75) is 39.5 Å². The van der Waals surface area contributed by atoms with Crippen molar-refractivity contribution in [2.75, 3.05) is 24.7 Å². The third-order valence-corrected chi connectivity index (χ3v) is 4.77. The van der Waals surface area contributed by atoms with Gasteiger partial charge in [0.25, 0.3) is 0 Å². The van der Waals surface area contributed by atoms with Gasteiger partial charge in [-0.05, 0) is 19.3 Å². The van der Waals surface area contributed by atoms with Gasteiger partial charge in [-0.15, -0.1) is 0 Å². The van der Waals surface area contributed by atoms with Crippen LogP contribution >= 0.6 is 0 Å². The molecule has 0 atom stereocenters. The standard InChI is InChI=1S/C11H24O4S/c1-3-5-11(9-12,10-13)6-8-16(14,15)7-4-2/h12-13H,3-10H2,1-2H3. The molecule has 98 valence electrons. The van der Waals surface area contributed by atoms with Gasteiger partial charge in [0.2, 0.25) is 0 Å². The predicted octanol–water partition coefficient (Wildman–Crippen LogP) is 0.972. The van der Waals surface area contributed by atoms with Crippen molar-refractivity contribution < 1.29 is 18.6 Å². The second-order valence-corrected chi connectivity index (χ2v) is 6.77. The van der Waals surface area contributed by atoms with Gasteiger partial charge in [-0.3, -0.25) is 0 Å². The molecule has 4 nitrogen and oxygen atoms in total. The average molecular weight is 252 g/mol. The quantitative estimate of drug-likeness (QED) is 0.641. The zero-order chi connectivity index (χ0) is 12.7. The maximum absolute atomic E-state index is 11.6. The lowest BCUT2D eigenvalue weighted by Crippen LogP contribution is -2.32. The van der Waals surface area contributed by atoms with Crippen LogP contribution in [0.25, 0.3) is 0 Å². The van der Waals surface area contributed by atoms with Crippen molar-refractivity contribution >= 4 is 9.84 Å². The summed E-state index contributed by atoms with van der Waals surface area (Å²) in [5.74, 6) is 0.244. The van der Waals surface area contributed by atoms with Gasteiger partial charge >= 0.3 is 0 Å². The first-order valence-corrected chi connectivity index (χ1v) is 7.69. The fraction of sp³-hybridized carbons (Fsp3) is 1.00. The normalized spacial score (nSPS) is 13.0. The molecule has 0 aliphatic carbocycles. The van der Waals surface area contributed by atoms with Gasteiger partial charge in [-0.1, -0.05) is 20.3 Å². The molecular formula is C11H24O4S. The van der Waals surface area contributed by atoms with E-state index in [4.69, 9.17) is 0 Å². The smallest absolute Gasteiger partial charge is 0.150 e. The van der Waals surface area contributed by atoms with Gasteiger partial charge in [0, 0.05) is 11.2 Å². The topological polar surface area (TPSA) is 74.6 Å². The molecule has 0 aliphatic rings. The Labute approximate surface area is 98.6 Å². The van der Waals surface area contributed by atoms with Crippen LogP contribution in [0.15, 0.2) is 0 Å². The van der Waals surface area contributed by atoms with Gasteiger partial charge < -0.3 is 10.2 Å². The fourth-order valence-corrected chi connectivity index (χ4v) is 3.38. The first-order chi connectivity index (χ1) is 7.45. The van der Waals surface area contributed by atoms with Crippen LogP contribution in [0.5, 0.6) is 0 Å². The lowest BCUT2D eigenvalue weighted by atomic mass is 9.82. The minimum absolute atomic E-state index is 0.0575. The molecule has 0 heterocycles. The summed E-state index contributed by atoms with van der Waals surface area (Å²) in [6.45, 7) is 3.48. The average Bonchev–Trinajstić information content (AvgIpc) is 2.24. The summed E-state index contributed by atoms with van der Waals surface area (Å²) < 4.78 is 23.1. The highest BCUT2D eigenvalue weighted by Crippen LogP contribution is 2.27. The number of hydrogen-bond donors (Lipinski definition) is 2. The molecule has 0 aromatic rings. The summed E-state index contributed by atoms with van der Waals surface area (Å²) in [5.41, 5.74) is -0.629. The molecule has 0 aromatic carbocycles. The lowest BCUT2D eigenvalue weighted by Gasteiger charge is -2.29. The largest absolute Gasteiger partial charge is 0.396 e. The molecular weight excluding hydrogens is 228 g/mol. The summed E-state index contributed by atoms with van der Waals surface area (Å²) in [5, 5.41) is 18.6. The number of sulfone groups is 1. The zero-order valence-electron chi connectivity index (χ0n) is 10.3. The molecule has 0 spiro atoms. The zero-order valence-corrected chi connectivity index (χ0v) is 11.1. The summed E-state index contributed by atoms with van der Waals surface area (Å²) >= 11 is 0. The predicted molar refractivity (Wildman–Crippen MR) is 65.1 cm³/mol. The monoisotopic (exact) mass is 252 g/mol. The Morgan fingerprint density at radius 1 is 0.938 bits per heavy atom. The Bertz CT molecular complexity index is 268. The van der Waals surface area contributed by atoms with E-state index in [1.165, 1.54) is 0 Å². The highest BCUT2D eigenvalue weighted by molar-refractivity contribution is 7.91. The molecule has 0 bridgehead atoms. The van der Waals surface area contributed by atoms with E-state index in [1.54, 1.807) is 0 Å². The summed E-state index contributed by atoms with van der Waals surface area (Å²) in [4.78, 5) is 0. The van der Waals surface area contributed by atoms with Crippen molar-refractivity contribution in [3.05, 3.63) is 0 Å². The Morgan fingerprint density at radius 3 is 1.88 bits per heavy atom. The molecule has 0 aliphatic heterocycles. The van der Waals surface area contributed by atoms with Crippen molar-refractivity contribution in [3.8, 4) is 0 Å². The molecule has 5 heteroatoms. The van der Waals surface area contributed by atoms with Gasteiger partial charge in [0.15, 0.2) is 0 Å². The molecule has 0 saturated heterocycles. The molecule has 0 amide bonds. The Morgan fingerprint density at radius 2 is 1.50 bits per heavy atom. The van der Waals surface area contributed by atoms with E-state index in [9.17, 15) is 18.6 Å². The van der Waals surface area contributed by atoms with E-state index in [0.717, 1.165) is 6.42 Å². The van der Waals surface area contributed by atoms with E-state index in [1.807, 2.05) is 13.8 Å². The minimum atomic E-state index is -3.03. The van der Waals surface area contributed by atoms with Crippen molar-refractivity contribution in [1.29, 1.82) is 0 Å². The summed E-state index contributed by atoms with van der Waals surface area (Å²) in [7, 11) is -3.03. The number of rotatable bonds is 9. The molecule has 2 N–H and O–H groups in total. The molecule has 0 aromatic heterocycles. The van der Waals surface area contributed by atoms with Gasteiger partial charge in [-0.25, -0.2) is 8.42 Å². The van der Waals surface area contributed by atoms with Crippen molar-refractivity contribution in [2.24, 2.45) is 5.41 Å². The molecule has 0 unspecified atom stereocenters. The summed E-state index contributed by atoms with van der Waals surface area (Å²) in [6.07, 6.45) is 2.44. The van der Waals surface area contributed by atoms with Crippen molar-refractivity contribution in [3.63, 3.8) is 0 Å². The maximum atomic E-state index is 11.6. The third-order valence-electron chi connectivity index (χ3n) is 2.91. The van der Waals surface area contributed by atoms with Gasteiger partial charge in [0.1, 0.15) is 9.84 Å². The molecule has 0 rings (SSSR count). The van der Waals surface area contributed by atoms with E-state index in [2.05, 4.69) is 0 Å². The van der Waals surface area contributed by atoms with Crippen LogP contribution < -0.4 is 0 Å². The van der Waals surface area contributed by atoms with E-state index in [-0.39, 0.29) is 24.7 Å². The van der Waals surface area contributed by atoms with Gasteiger partial charge in [0.05, 0.1) is 19.0 Å². The van der Waals surface area contributed by atoms with Crippen LogP contribution in [0.3, 0.4) is 0 Å². The first kappa shape index (κ1) is 15.9. The number of aliphatic hydroxyl groups excluding tert-OH is 2. The highest BCUT2D eigenvalue weighted by atomic mass is 32.2. The minimum Gasteiger partial charge on any atom is -0.396 e. The van der Waals surface area contributed by atoms with Crippen LogP contribution in [0, 0.1) is 5.41 Å². The molecule has 0 saturated carbocycles. The van der Waals surface area contributed by atoms with Crippen LogP contribution in [-0.4, -0.2) is 43.4 Å². The third kappa shape index (κ3) is 5.27. The van der Waals surface area contributed by atoms with Gasteiger partial charge in [-0.2, -0.15) is 0 Å². The van der Waals surface area contributed by atoms with E-state index < -0.39 is 15.3 Å². The summed E-state index contributed by atoms with van der Waals surface area (Å²) in [6, 6.07) is 0. The van der Waals surface area contributed by atoms with Crippen LogP contribution in [0.4, 0.5) is 0 Å². The number of hydrogen-bond acceptors (Lipinski definition) is 4. The highest BCUT2D eigenvalue weighted by Gasteiger charge is 2.29. The molecule has 16 heavy (non-hydrogen) atoms.